The molecule has 0 atom stereocenters. The molecule has 5 heteroatoms. The van der Waals surface area contributed by atoms with Crippen LogP contribution >= 0.6 is 11.3 Å². The lowest BCUT2D eigenvalue weighted by Crippen LogP contribution is -2.25. The van der Waals surface area contributed by atoms with Crippen LogP contribution in [0.4, 0.5) is 0 Å². The summed E-state index contributed by atoms with van der Waals surface area (Å²) in [5, 5.41) is 3.01. The van der Waals surface area contributed by atoms with Gasteiger partial charge < -0.3 is 5.32 Å². The summed E-state index contributed by atoms with van der Waals surface area (Å²) in [6.45, 7) is 11.0. The predicted octanol–water partition coefficient (Wildman–Crippen LogP) is 4.24. The average Bonchev–Trinajstić information content (AvgIpc) is 2.98. The molecule has 0 aliphatic carbocycles. The van der Waals surface area contributed by atoms with Gasteiger partial charge in [0.15, 0.2) is 4.96 Å². The van der Waals surface area contributed by atoms with E-state index >= 15 is 0 Å². The monoisotopic (exact) mass is 341 g/mol. The normalized spacial score (nSPS) is 11.9. The van der Waals surface area contributed by atoms with Crippen LogP contribution in [0.25, 0.3) is 4.96 Å². The number of nitrogens with one attached hydrogen (secondary N) is 1. The third-order valence-electron chi connectivity index (χ3n) is 4.10. The number of fused-ring (bicyclic) bond motifs is 1. The lowest BCUT2D eigenvalue weighted by Gasteiger charge is -2.19. The summed E-state index contributed by atoms with van der Waals surface area (Å²) >= 11 is 1.59. The topological polar surface area (TPSA) is 46.4 Å². The highest BCUT2D eigenvalue weighted by Gasteiger charge is 2.18. The van der Waals surface area contributed by atoms with E-state index in [1.165, 1.54) is 5.56 Å². The molecule has 3 rings (SSSR count). The molecule has 0 unspecified atom stereocenters. The Morgan fingerprint density at radius 2 is 1.88 bits per heavy atom. The molecule has 0 bridgehead atoms. The van der Waals surface area contributed by atoms with Crippen LogP contribution in [0.15, 0.2) is 30.5 Å². The average molecular weight is 341 g/mol. The zero-order valence-electron chi connectivity index (χ0n) is 14.8. The molecule has 1 aromatic carbocycles. The van der Waals surface area contributed by atoms with E-state index in [-0.39, 0.29) is 11.3 Å². The number of thiazole rings is 1. The first-order chi connectivity index (χ1) is 11.3. The highest BCUT2D eigenvalue weighted by molar-refractivity contribution is 7.17. The summed E-state index contributed by atoms with van der Waals surface area (Å²) in [4.78, 5) is 19.1. The number of imidazole rings is 1. The summed E-state index contributed by atoms with van der Waals surface area (Å²) in [5.74, 6) is -0.0855. The maximum atomic E-state index is 12.6. The Kier molecular flexibility index (Phi) is 4.22. The van der Waals surface area contributed by atoms with Gasteiger partial charge in [0.05, 0.1) is 5.69 Å². The van der Waals surface area contributed by atoms with Crippen LogP contribution < -0.4 is 5.32 Å². The van der Waals surface area contributed by atoms with Gasteiger partial charge in [-0.25, -0.2) is 4.98 Å². The number of hydrogen-bond donors (Lipinski definition) is 1. The number of nitrogens with zero attached hydrogens (tertiary/aromatic N) is 2. The summed E-state index contributed by atoms with van der Waals surface area (Å²) < 4.78 is 1.88. The summed E-state index contributed by atoms with van der Waals surface area (Å²) in [6, 6.07) is 8.42. The first-order valence-corrected chi connectivity index (χ1v) is 8.90. The van der Waals surface area contributed by atoms with Gasteiger partial charge in [0.2, 0.25) is 0 Å². The standard InChI is InChI=1S/C19H23N3OS/c1-12-11-22-16(13(2)21-18(22)24-12)17(23)20-10-14-6-8-15(9-7-14)19(3,4)5/h6-9,11H,10H2,1-5H3,(H,20,23). The molecule has 24 heavy (non-hydrogen) atoms. The second-order valence-corrected chi connectivity index (χ2v) is 8.38. The minimum absolute atomic E-state index is 0.0855. The second-order valence-electron chi connectivity index (χ2n) is 7.17. The van der Waals surface area contributed by atoms with Crippen LogP contribution in [0.3, 0.4) is 0 Å². The first-order valence-electron chi connectivity index (χ1n) is 8.08. The van der Waals surface area contributed by atoms with Gasteiger partial charge in [-0.3, -0.25) is 9.20 Å². The summed E-state index contributed by atoms with van der Waals surface area (Å²) in [5.41, 5.74) is 3.91. The van der Waals surface area contributed by atoms with Crippen molar-refractivity contribution in [2.24, 2.45) is 0 Å². The largest absolute Gasteiger partial charge is 0.347 e. The fourth-order valence-electron chi connectivity index (χ4n) is 2.73. The van der Waals surface area contributed by atoms with Crippen molar-refractivity contribution in [3.05, 3.63) is 57.9 Å². The zero-order chi connectivity index (χ0) is 17.5. The number of aromatic nitrogens is 2. The fourth-order valence-corrected chi connectivity index (χ4v) is 3.60. The number of hydrogen-bond acceptors (Lipinski definition) is 3. The molecule has 0 saturated heterocycles. The summed E-state index contributed by atoms with van der Waals surface area (Å²) in [6.07, 6.45) is 1.97. The molecule has 4 nitrogen and oxygen atoms in total. The van der Waals surface area contributed by atoms with E-state index in [2.05, 4.69) is 55.3 Å². The van der Waals surface area contributed by atoms with E-state index in [9.17, 15) is 4.79 Å². The molecule has 0 fully saturated rings. The van der Waals surface area contributed by atoms with Crippen LogP contribution in [0.2, 0.25) is 0 Å². The van der Waals surface area contributed by atoms with Crippen LogP contribution in [-0.4, -0.2) is 15.3 Å². The van der Waals surface area contributed by atoms with Crippen molar-refractivity contribution in [1.82, 2.24) is 14.7 Å². The molecular weight excluding hydrogens is 318 g/mol. The van der Waals surface area contributed by atoms with Crippen molar-refractivity contribution < 1.29 is 4.79 Å². The van der Waals surface area contributed by atoms with Gasteiger partial charge in [0, 0.05) is 17.6 Å². The molecule has 126 valence electrons. The van der Waals surface area contributed by atoms with E-state index in [0.29, 0.717) is 12.2 Å². The number of aryl methyl sites for hydroxylation is 2. The third-order valence-corrected chi connectivity index (χ3v) is 5.00. The molecule has 0 aliphatic rings. The van der Waals surface area contributed by atoms with Crippen molar-refractivity contribution in [3.8, 4) is 0 Å². The van der Waals surface area contributed by atoms with E-state index < -0.39 is 0 Å². The van der Waals surface area contributed by atoms with Crippen molar-refractivity contribution in [3.63, 3.8) is 0 Å². The number of benzene rings is 1. The van der Waals surface area contributed by atoms with Gasteiger partial charge in [0.1, 0.15) is 5.69 Å². The predicted molar refractivity (Wildman–Crippen MR) is 98.9 cm³/mol. The molecule has 0 spiro atoms. The fraction of sp³-hybridized carbons (Fsp3) is 0.368. The number of amides is 1. The molecule has 0 aliphatic heterocycles. The molecule has 0 saturated carbocycles. The maximum Gasteiger partial charge on any atom is 0.270 e. The molecule has 1 amide bonds. The minimum atomic E-state index is -0.0855. The van der Waals surface area contributed by atoms with Gasteiger partial charge in [-0.2, -0.15) is 0 Å². The summed E-state index contributed by atoms with van der Waals surface area (Å²) in [7, 11) is 0. The quantitative estimate of drug-likeness (QED) is 0.774. The van der Waals surface area contributed by atoms with E-state index in [0.717, 1.165) is 21.1 Å². The van der Waals surface area contributed by atoms with Gasteiger partial charge in [-0.15, -0.1) is 11.3 Å². The molecule has 1 N–H and O–H groups in total. The molecular formula is C19H23N3OS. The Bertz CT molecular complexity index is 882. The van der Waals surface area contributed by atoms with Crippen molar-refractivity contribution in [2.45, 2.75) is 46.6 Å². The highest BCUT2D eigenvalue weighted by atomic mass is 32.1. The van der Waals surface area contributed by atoms with Crippen molar-refractivity contribution in [2.75, 3.05) is 0 Å². The SMILES string of the molecule is Cc1cn2c(C(=O)NCc3ccc(C(C)(C)C)cc3)c(C)nc2s1. The Labute approximate surface area is 146 Å². The van der Waals surface area contributed by atoms with Crippen molar-refractivity contribution in [1.29, 1.82) is 0 Å². The van der Waals surface area contributed by atoms with E-state index in [1.54, 1.807) is 11.3 Å². The van der Waals surface area contributed by atoms with Crippen molar-refractivity contribution >= 4 is 22.2 Å². The molecule has 2 heterocycles. The number of rotatable bonds is 3. The third kappa shape index (κ3) is 3.22. The van der Waals surface area contributed by atoms with E-state index in [1.807, 2.05) is 24.4 Å². The Morgan fingerprint density at radius 1 is 1.21 bits per heavy atom. The lowest BCUT2D eigenvalue weighted by atomic mass is 9.87. The maximum absolute atomic E-state index is 12.6. The van der Waals surface area contributed by atoms with Gasteiger partial charge >= 0.3 is 0 Å². The lowest BCUT2D eigenvalue weighted by molar-refractivity contribution is 0.0944. The van der Waals surface area contributed by atoms with E-state index in [4.69, 9.17) is 0 Å². The zero-order valence-corrected chi connectivity index (χ0v) is 15.6. The highest BCUT2D eigenvalue weighted by Crippen LogP contribution is 2.23. The van der Waals surface area contributed by atoms with Gasteiger partial charge in [-0.05, 0) is 30.4 Å². The Balaban J connectivity index is 1.74. The Morgan fingerprint density at radius 3 is 2.50 bits per heavy atom. The number of carbonyl (C=O) groups is 1. The minimum Gasteiger partial charge on any atom is -0.347 e. The van der Waals surface area contributed by atoms with Crippen LogP contribution in [0, 0.1) is 13.8 Å². The Hall–Kier alpha value is -2.14. The van der Waals surface area contributed by atoms with Crippen LogP contribution in [0.5, 0.6) is 0 Å². The number of carbonyl (C=O) groups excluding carboxylic acids is 1. The smallest absolute Gasteiger partial charge is 0.270 e. The van der Waals surface area contributed by atoms with Crippen LogP contribution in [0.1, 0.15) is 53.0 Å². The molecule has 2 aromatic heterocycles. The van der Waals surface area contributed by atoms with Gasteiger partial charge in [-0.1, -0.05) is 45.0 Å². The molecule has 3 aromatic rings. The van der Waals surface area contributed by atoms with Crippen LogP contribution in [-0.2, 0) is 12.0 Å². The molecule has 0 radical (unpaired) electrons. The van der Waals surface area contributed by atoms with Gasteiger partial charge in [0.25, 0.3) is 5.91 Å². The second kappa shape index (κ2) is 6.06. The first kappa shape index (κ1) is 16.7.